The number of halogens is 12. The van der Waals surface area contributed by atoms with E-state index in [1.54, 1.807) is 0 Å². The van der Waals surface area contributed by atoms with Gasteiger partial charge in [-0.2, -0.15) is 43.9 Å². The Morgan fingerprint density at radius 1 is 0.476 bits per heavy atom. The third-order valence-corrected chi connectivity index (χ3v) is 2.41. The first-order valence-corrected chi connectivity index (χ1v) is 4.68. The van der Waals surface area contributed by atoms with Gasteiger partial charge in [0.05, 0.1) is 0 Å². The standard InChI is InChI=1S/C8H6F12O/c1-3(9,5(11,12)13)7(17,18)21-8(19,20)4(2,10)6(14,15)16/h1-2H3/t3-,4-/m0/s1. The molecular weight excluding hydrogens is 340 g/mol. The van der Waals surface area contributed by atoms with Crippen molar-refractivity contribution in [2.45, 2.75) is 49.8 Å². The maximum atomic E-state index is 12.9. The van der Waals surface area contributed by atoms with Crippen molar-refractivity contribution >= 4 is 0 Å². The van der Waals surface area contributed by atoms with Crippen LogP contribution in [0.15, 0.2) is 0 Å². The summed E-state index contributed by atoms with van der Waals surface area (Å²) in [5, 5.41) is 0. The molecule has 0 bridgehead atoms. The van der Waals surface area contributed by atoms with Crippen LogP contribution in [0.3, 0.4) is 0 Å². The molecule has 0 aliphatic heterocycles. The molecule has 1 nitrogen and oxygen atoms in total. The van der Waals surface area contributed by atoms with Crippen LogP contribution in [0, 0.1) is 0 Å². The van der Waals surface area contributed by atoms with Crippen LogP contribution in [0.2, 0.25) is 0 Å². The molecule has 0 amide bonds. The minimum Gasteiger partial charge on any atom is -0.250 e. The molecule has 0 heterocycles. The Morgan fingerprint density at radius 2 is 0.667 bits per heavy atom. The first-order valence-electron chi connectivity index (χ1n) is 4.68. The molecule has 0 radical (unpaired) electrons. The van der Waals surface area contributed by atoms with Gasteiger partial charge in [0.2, 0.25) is 0 Å². The van der Waals surface area contributed by atoms with Crippen molar-refractivity contribution in [3.8, 4) is 0 Å². The Hall–Kier alpha value is -0.880. The second-order valence-electron chi connectivity index (χ2n) is 4.14. The highest BCUT2D eigenvalue weighted by Gasteiger charge is 2.77. The van der Waals surface area contributed by atoms with Crippen molar-refractivity contribution in [3.05, 3.63) is 0 Å². The van der Waals surface area contributed by atoms with Crippen molar-refractivity contribution in [2.24, 2.45) is 0 Å². The van der Waals surface area contributed by atoms with Crippen LogP contribution in [0.4, 0.5) is 52.7 Å². The summed E-state index contributed by atoms with van der Waals surface area (Å²) in [5.74, 6) is 0. The number of alkyl halides is 12. The first kappa shape index (κ1) is 20.1. The molecule has 0 unspecified atom stereocenters. The summed E-state index contributed by atoms with van der Waals surface area (Å²) in [5.41, 5.74) is -11.6. The lowest BCUT2D eigenvalue weighted by molar-refractivity contribution is -0.477. The Morgan fingerprint density at radius 3 is 0.810 bits per heavy atom. The molecule has 0 aliphatic rings. The maximum Gasteiger partial charge on any atom is 0.430 e. The zero-order valence-electron chi connectivity index (χ0n) is 9.94. The lowest BCUT2D eigenvalue weighted by Gasteiger charge is -2.37. The van der Waals surface area contributed by atoms with E-state index in [1.165, 1.54) is 0 Å². The van der Waals surface area contributed by atoms with Crippen LogP contribution < -0.4 is 0 Å². The fourth-order valence-corrected chi connectivity index (χ4v) is 0.683. The summed E-state index contributed by atoms with van der Waals surface area (Å²) in [6, 6.07) is 0. The minimum absolute atomic E-state index is 0.952. The zero-order chi connectivity index (χ0) is 17.7. The third-order valence-electron chi connectivity index (χ3n) is 2.41. The van der Waals surface area contributed by atoms with E-state index in [0.717, 1.165) is 0 Å². The first-order chi connectivity index (χ1) is 8.71. The molecule has 0 saturated carbocycles. The number of ether oxygens (including phenoxy) is 1. The fourth-order valence-electron chi connectivity index (χ4n) is 0.683. The van der Waals surface area contributed by atoms with Crippen molar-refractivity contribution in [3.63, 3.8) is 0 Å². The molecule has 0 aromatic heterocycles. The van der Waals surface area contributed by atoms with E-state index in [1.807, 2.05) is 4.74 Å². The smallest absolute Gasteiger partial charge is 0.250 e. The predicted octanol–water partition coefficient (Wildman–Crippen LogP) is 4.77. The van der Waals surface area contributed by atoms with Gasteiger partial charge in [-0.15, -0.1) is 0 Å². The van der Waals surface area contributed by atoms with Gasteiger partial charge in [0, 0.05) is 0 Å². The average Bonchev–Trinajstić information content (AvgIpc) is 2.11. The molecule has 0 rings (SSSR count). The largest absolute Gasteiger partial charge is 0.430 e. The Kier molecular flexibility index (Phi) is 4.61. The van der Waals surface area contributed by atoms with Crippen molar-refractivity contribution in [2.75, 3.05) is 0 Å². The number of rotatable bonds is 4. The Labute approximate surface area is 108 Å². The highest BCUT2D eigenvalue weighted by atomic mass is 19.4. The highest BCUT2D eigenvalue weighted by molar-refractivity contribution is 4.96. The lowest BCUT2D eigenvalue weighted by Crippen LogP contribution is -2.62. The zero-order valence-corrected chi connectivity index (χ0v) is 9.94. The van der Waals surface area contributed by atoms with Crippen molar-refractivity contribution in [1.82, 2.24) is 0 Å². The topological polar surface area (TPSA) is 9.23 Å². The van der Waals surface area contributed by atoms with Crippen LogP contribution in [0.1, 0.15) is 13.8 Å². The van der Waals surface area contributed by atoms with Gasteiger partial charge in [-0.1, -0.05) is 0 Å². The monoisotopic (exact) mass is 346 g/mol. The third kappa shape index (κ3) is 3.31. The molecule has 0 fully saturated rings. The molecule has 128 valence electrons. The van der Waals surface area contributed by atoms with E-state index >= 15 is 0 Å². The Bertz CT molecular complexity index is 340. The summed E-state index contributed by atoms with van der Waals surface area (Å²) in [6.45, 7) is -1.90. The molecule has 13 heteroatoms. The van der Waals surface area contributed by atoms with Crippen LogP contribution in [-0.2, 0) is 4.74 Å². The molecular formula is C8H6F12O. The predicted molar refractivity (Wildman–Crippen MR) is 42.1 cm³/mol. The fraction of sp³-hybridized carbons (Fsp3) is 1.00. The molecule has 0 aromatic carbocycles. The summed E-state index contributed by atoms with van der Waals surface area (Å²) in [4.78, 5) is 0. The lowest BCUT2D eigenvalue weighted by atomic mass is 10.1. The van der Waals surface area contributed by atoms with Gasteiger partial charge in [0.1, 0.15) is 0 Å². The minimum atomic E-state index is -6.49. The molecule has 0 N–H and O–H groups in total. The molecule has 21 heavy (non-hydrogen) atoms. The summed E-state index contributed by atoms with van der Waals surface area (Å²) in [7, 11) is 0. The van der Waals surface area contributed by atoms with Gasteiger partial charge in [-0.25, -0.2) is 13.5 Å². The van der Waals surface area contributed by atoms with E-state index in [2.05, 4.69) is 0 Å². The Balaban J connectivity index is 5.65. The molecule has 2 atom stereocenters. The molecule has 0 saturated heterocycles. The molecule has 0 spiro atoms. The van der Waals surface area contributed by atoms with Gasteiger partial charge in [-0.3, -0.25) is 0 Å². The van der Waals surface area contributed by atoms with Gasteiger partial charge in [-0.05, 0) is 13.8 Å². The van der Waals surface area contributed by atoms with Crippen LogP contribution in [0.25, 0.3) is 0 Å². The van der Waals surface area contributed by atoms with Gasteiger partial charge in [0.25, 0.3) is 11.3 Å². The highest BCUT2D eigenvalue weighted by Crippen LogP contribution is 2.52. The maximum absolute atomic E-state index is 12.9. The molecule has 0 aliphatic carbocycles. The number of hydrogen-bond donors (Lipinski definition) is 0. The molecule has 0 aromatic rings. The second kappa shape index (κ2) is 4.81. The average molecular weight is 346 g/mol. The van der Waals surface area contributed by atoms with Crippen LogP contribution in [-0.4, -0.2) is 35.9 Å². The van der Waals surface area contributed by atoms with Gasteiger partial charge >= 0.3 is 24.6 Å². The quantitative estimate of drug-likeness (QED) is 0.667. The summed E-state index contributed by atoms with van der Waals surface area (Å²) in [6.07, 6.45) is -25.9. The normalized spacial score (nSPS) is 20.9. The van der Waals surface area contributed by atoms with E-state index < -0.39 is 49.8 Å². The van der Waals surface area contributed by atoms with Crippen molar-refractivity contribution < 1.29 is 57.4 Å². The SMILES string of the molecule is C[C@](F)(C(F)(F)F)C(F)(F)OC(F)(F)[C@@](C)(F)C(F)(F)F. The van der Waals surface area contributed by atoms with E-state index in [9.17, 15) is 52.7 Å². The summed E-state index contributed by atoms with van der Waals surface area (Å²) < 4.78 is 150. The van der Waals surface area contributed by atoms with Crippen LogP contribution in [0.5, 0.6) is 0 Å². The van der Waals surface area contributed by atoms with E-state index in [4.69, 9.17) is 0 Å². The van der Waals surface area contributed by atoms with Gasteiger partial charge < -0.3 is 0 Å². The van der Waals surface area contributed by atoms with Gasteiger partial charge in [0.15, 0.2) is 0 Å². The number of hydrogen-bond acceptors (Lipinski definition) is 1. The van der Waals surface area contributed by atoms with E-state index in [-0.39, 0.29) is 0 Å². The second-order valence-corrected chi connectivity index (χ2v) is 4.14. The van der Waals surface area contributed by atoms with Crippen molar-refractivity contribution in [1.29, 1.82) is 0 Å². The summed E-state index contributed by atoms with van der Waals surface area (Å²) >= 11 is 0. The van der Waals surface area contributed by atoms with E-state index in [0.29, 0.717) is 0 Å². The van der Waals surface area contributed by atoms with Crippen LogP contribution >= 0.6 is 0 Å².